The van der Waals surface area contributed by atoms with Gasteiger partial charge in [-0.15, -0.1) is 0 Å². The number of hydrogen-bond donors (Lipinski definition) is 1. The average Bonchev–Trinajstić information content (AvgIpc) is 2.67. The summed E-state index contributed by atoms with van der Waals surface area (Å²) < 4.78 is 6.14. The Kier molecular flexibility index (Phi) is 3.80. The molecule has 0 spiro atoms. The molecule has 1 heterocycles. The highest BCUT2D eigenvalue weighted by molar-refractivity contribution is 5.68. The van der Waals surface area contributed by atoms with Crippen LogP contribution in [0.1, 0.15) is 55.9 Å². The molecule has 1 aliphatic heterocycles. The Bertz CT molecular complexity index is 489. The predicted molar refractivity (Wildman–Crippen MR) is 82.5 cm³/mol. The minimum absolute atomic E-state index is 0.0632. The Morgan fingerprint density at radius 2 is 1.79 bits per heavy atom. The number of fused-ring (bicyclic) bond motifs is 1. The number of hydrogen-bond acceptors (Lipinski definition) is 2. The van der Waals surface area contributed by atoms with Gasteiger partial charge in [-0.05, 0) is 57.7 Å². The molecule has 0 atom stereocenters. The van der Waals surface area contributed by atoms with Gasteiger partial charge in [-0.2, -0.15) is 0 Å². The number of unbranched alkanes of at least 4 members (excludes halogenated alkanes) is 1. The molecule has 0 aliphatic carbocycles. The molecule has 1 aromatic rings. The molecule has 1 aliphatic rings. The first-order chi connectivity index (χ1) is 8.87. The second-order valence-electron chi connectivity index (χ2n) is 6.38. The summed E-state index contributed by atoms with van der Waals surface area (Å²) in [6.07, 6.45) is 3.46. The zero-order valence-electron chi connectivity index (χ0n) is 13.2. The van der Waals surface area contributed by atoms with Crippen LogP contribution >= 0.6 is 0 Å². The van der Waals surface area contributed by atoms with Crippen molar-refractivity contribution in [3.8, 4) is 5.75 Å². The Hall–Kier alpha value is -1.18. The zero-order valence-corrected chi connectivity index (χ0v) is 13.2. The summed E-state index contributed by atoms with van der Waals surface area (Å²) in [7, 11) is 0. The van der Waals surface area contributed by atoms with Crippen LogP contribution < -0.4 is 10.1 Å². The van der Waals surface area contributed by atoms with E-state index in [2.05, 4.69) is 46.9 Å². The molecule has 0 aromatic heterocycles. The molecule has 106 valence electrons. The Morgan fingerprint density at radius 3 is 2.42 bits per heavy atom. The molecule has 0 unspecified atom stereocenters. The van der Waals surface area contributed by atoms with E-state index >= 15 is 0 Å². The fraction of sp³-hybridized carbons (Fsp3) is 0.647. The van der Waals surface area contributed by atoms with Crippen LogP contribution in [0.2, 0.25) is 0 Å². The summed E-state index contributed by atoms with van der Waals surface area (Å²) in [6.45, 7) is 14.2. The van der Waals surface area contributed by atoms with Crippen LogP contribution in [0.4, 0.5) is 5.69 Å². The van der Waals surface area contributed by atoms with Crippen LogP contribution in [-0.4, -0.2) is 12.1 Å². The van der Waals surface area contributed by atoms with Crippen molar-refractivity contribution in [1.29, 1.82) is 0 Å². The summed E-state index contributed by atoms with van der Waals surface area (Å²) in [4.78, 5) is 0. The van der Waals surface area contributed by atoms with E-state index in [-0.39, 0.29) is 5.60 Å². The summed E-state index contributed by atoms with van der Waals surface area (Å²) in [5.41, 5.74) is 6.67. The second kappa shape index (κ2) is 5.07. The van der Waals surface area contributed by atoms with Crippen LogP contribution in [0.5, 0.6) is 5.75 Å². The monoisotopic (exact) mass is 261 g/mol. The maximum absolute atomic E-state index is 6.14. The second-order valence-corrected chi connectivity index (χ2v) is 6.38. The van der Waals surface area contributed by atoms with Gasteiger partial charge in [0.15, 0.2) is 0 Å². The fourth-order valence-electron chi connectivity index (χ4n) is 2.93. The number of anilines is 1. The molecule has 1 N–H and O–H groups in total. The predicted octanol–water partition coefficient (Wildman–Crippen LogP) is 4.54. The van der Waals surface area contributed by atoms with Gasteiger partial charge in [0, 0.05) is 24.2 Å². The molecule has 2 heteroatoms. The van der Waals surface area contributed by atoms with Crippen molar-refractivity contribution in [3.63, 3.8) is 0 Å². The molecule has 19 heavy (non-hydrogen) atoms. The number of benzene rings is 1. The lowest BCUT2D eigenvalue weighted by Gasteiger charge is -2.19. The molecule has 1 aromatic carbocycles. The van der Waals surface area contributed by atoms with Gasteiger partial charge in [-0.1, -0.05) is 13.3 Å². The van der Waals surface area contributed by atoms with Crippen molar-refractivity contribution in [2.24, 2.45) is 0 Å². The normalized spacial score (nSPS) is 16.1. The van der Waals surface area contributed by atoms with Crippen molar-refractivity contribution in [1.82, 2.24) is 0 Å². The third-order valence-corrected chi connectivity index (χ3v) is 4.19. The molecule has 0 bridgehead atoms. The Balaban J connectivity index is 2.40. The first-order valence-electron chi connectivity index (χ1n) is 7.43. The van der Waals surface area contributed by atoms with Crippen molar-refractivity contribution >= 4 is 5.69 Å². The van der Waals surface area contributed by atoms with Gasteiger partial charge in [0.2, 0.25) is 0 Å². The van der Waals surface area contributed by atoms with Gasteiger partial charge in [0.25, 0.3) is 0 Å². The Labute approximate surface area is 117 Å². The first-order valence-corrected chi connectivity index (χ1v) is 7.43. The lowest BCUT2D eigenvalue weighted by atomic mass is 9.92. The smallest absolute Gasteiger partial charge is 0.127 e. The average molecular weight is 261 g/mol. The minimum Gasteiger partial charge on any atom is -0.487 e. The molecule has 0 fully saturated rings. The molecule has 0 saturated carbocycles. The summed E-state index contributed by atoms with van der Waals surface area (Å²) >= 11 is 0. The van der Waals surface area contributed by atoms with Crippen molar-refractivity contribution in [2.45, 2.75) is 66.4 Å². The molecule has 0 saturated heterocycles. The quantitative estimate of drug-likeness (QED) is 0.804. The highest BCUT2D eigenvalue weighted by Gasteiger charge is 2.34. The summed E-state index contributed by atoms with van der Waals surface area (Å²) in [5.74, 6) is 1.13. The van der Waals surface area contributed by atoms with E-state index < -0.39 is 0 Å². The Morgan fingerprint density at radius 1 is 1.11 bits per heavy atom. The molecule has 2 nitrogen and oxygen atoms in total. The van der Waals surface area contributed by atoms with E-state index in [1.807, 2.05) is 0 Å². The van der Waals surface area contributed by atoms with Gasteiger partial charge in [-0.3, -0.25) is 0 Å². The van der Waals surface area contributed by atoms with Crippen LogP contribution in [-0.2, 0) is 6.42 Å². The van der Waals surface area contributed by atoms with E-state index in [0.29, 0.717) is 0 Å². The van der Waals surface area contributed by atoms with E-state index in [9.17, 15) is 0 Å². The first kappa shape index (κ1) is 14.2. The van der Waals surface area contributed by atoms with Crippen LogP contribution in [0, 0.1) is 20.8 Å². The van der Waals surface area contributed by atoms with E-state index in [0.717, 1.165) is 18.7 Å². The lowest BCUT2D eigenvalue weighted by molar-refractivity contribution is 0.137. The third-order valence-electron chi connectivity index (χ3n) is 4.19. The van der Waals surface area contributed by atoms with E-state index in [1.165, 1.54) is 40.8 Å². The summed E-state index contributed by atoms with van der Waals surface area (Å²) in [6, 6.07) is 0. The minimum atomic E-state index is -0.0632. The van der Waals surface area contributed by atoms with Crippen molar-refractivity contribution < 1.29 is 4.74 Å². The molecule has 2 rings (SSSR count). The van der Waals surface area contributed by atoms with E-state index in [1.54, 1.807) is 0 Å². The number of rotatable bonds is 4. The standard InChI is InChI=1S/C17H27NO/c1-7-8-9-18-15-11(2)12(3)16-14(13(15)4)10-17(5,6)19-16/h18H,7-10H2,1-6H3. The third kappa shape index (κ3) is 2.58. The lowest BCUT2D eigenvalue weighted by Crippen LogP contribution is -2.24. The van der Waals surface area contributed by atoms with Crippen LogP contribution in [0.3, 0.4) is 0 Å². The fourth-order valence-corrected chi connectivity index (χ4v) is 2.93. The molecule has 0 amide bonds. The van der Waals surface area contributed by atoms with E-state index in [4.69, 9.17) is 4.74 Å². The van der Waals surface area contributed by atoms with Crippen LogP contribution in [0.25, 0.3) is 0 Å². The topological polar surface area (TPSA) is 21.3 Å². The number of nitrogens with one attached hydrogen (secondary N) is 1. The summed E-state index contributed by atoms with van der Waals surface area (Å²) in [5, 5.41) is 3.62. The van der Waals surface area contributed by atoms with Crippen molar-refractivity contribution in [2.75, 3.05) is 11.9 Å². The van der Waals surface area contributed by atoms with Gasteiger partial charge in [-0.25, -0.2) is 0 Å². The van der Waals surface area contributed by atoms with Crippen molar-refractivity contribution in [3.05, 3.63) is 22.3 Å². The van der Waals surface area contributed by atoms with Gasteiger partial charge in [0.1, 0.15) is 11.4 Å². The molecule has 0 radical (unpaired) electrons. The molecular formula is C17H27NO. The largest absolute Gasteiger partial charge is 0.487 e. The van der Waals surface area contributed by atoms with Gasteiger partial charge in [0.05, 0.1) is 0 Å². The zero-order chi connectivity index (χ0) is 14.2. The maximum atomic E-state index is 6.14. The highest BCUT2D eigenvalue weighted by atomic mass is 16.5. The maximum Gasteiger partial charge on any atom is 0.127 e. The van der Waals surface area contributed by atoms with Crippen LogP contribution in [0.15, 0.2) is 0 Å². The highest BCUT2D eigenvalue weighted by Crippen LogP contribution is 2.44. The molecular weight excluding hydrogens is 234 g/mol. The number of ether oxygens (including phenoxy) is 1. The van der Waals surface area contributed by atoms with Gasteiger partial charge < -0.3 is 10.1 Å². The SMILES string of the molecule is CCCCNc1c(C)c(C)c2c(c1C)CC(C)(C)O2. The van der Waals surface area contributed by atoms with Gasteiger partial charge >= 0.3 is 0 Å².